The molecule has 0 aliphatic carbocycles. The molecular weight excluding hydrogens is 352 g/mol. The lowest BCUT2D eigenvalue weighted by Gasteiger charge is -2.07. The molecule has 0 aliphatic rings. The van der Waals surface area contributed by atoms with Gasteiger partial charge in [-0.25, -0.2) is 4.98 Å². The van der Waals surface area contributed by atoms with Crippen LogP contribution in [0.3, 0.4) is 0 Å². The molecule has 0 spiro atoms. The first kappa shape index (κ1) is 17.6. The summed E-state index contributed by atoms with van der Waals surface area (Å²) in [5.74, 6) is 1.38. The highest BCUT2D eigenvalue weighted by Crippen LogP contribution is 2.18. The number of nitrogens with one attached hydrogen (secondary N) is 2. The number of carbonyl (C=O) groups excluding carboxylic acids is 1. The van der Waals surface area contributed by atoms with Crippen molar-refractivity contribution in [2.24, 2.45) is 0 Å². The van der Waals surface area contributed by atoms with Crippen molar-refractivity contribution in [3.8, 4) is 17.5 Å². The average molecular weight is 368 g/mol. The molecule has 0 aromatic carbocycles. The molecule has 132 valence electrons. The average Bonchev–Trinajstić information content (AvgIpc) is 3.35. The van der Waals surface area contributed by atoms with E-state index < -0.39 is 0 Å². The predicted octanol–water partition coefficient (Wildman–Crippen LogP) is 2.23. The fourth-order valence-corrected chi connectivity index (χ4v) is 2.83. The standard InChI is InChI=1S/C17H16N6O2S/c18-10-12-2-1-6-20-16(12)21-8-7-19-14(24)3-4-15-22-17(23-25-15)13-5-9-26-11-13/h1-2,5-6,9,11H,3-4,7-8H2,(H,19,24)(H,20,21). The Morgan fingerprint density at radius 2 is 2.27 bits per heavy atom. The second-order valence-electron chi connectivity index (χ2n) is 5.31. The molecule has 0 unspecified atom stereocenters. The van der Waals surface area contributed by atoms with Gasteiger partial charge in [-0.05, 0) is 23.6 Å². The topological polar surface area (TPSA) is 117 Å². The van der Waals surface area contributed by atoms with Gasteiger partial charge in [-0.3, -0.25) is 4.79 Å². The first-order valence-electron chi connectivity index (χ1n) is 7.97. The van der Waals surface area contributed by atoms with E-state index in [1.54, 1.807) is 29.7 Å². The highest BCUT2D eigenvalue weighted by molar-refractivity contribution is 7.08. The number of hydrogen-bond acceptors (Lipinski definition) is 8. The first-order chi connectivity index (χ1) is 12.8. The number of anilines is 1. The van der Waals surface area contributed by atoms with Crippen LogP contribution in [-0.2, 0) is 11.2 Å². The quantitative estimate of drug-likeness (QED) is 0.586. The molecule has 9 heteroatoms. The number of nitrogens with zero attached hydrogens (tertiary/aromatic N) is 4. The van der Waals surface area contributed by atoms with Gasteiger partial charge in [-0.2, -0.15) is 21.6 Å². The Morgan fingerprint density at radius 3 is 3.08 bits per heavy atom. The fourth-order valence-electron chi connectivity index (χ4n) is 2.19. The summed E-state index contributed by atoms with van der Waals surface area (Å²) < 4.78 is 5.16. The summed E-state index contributed by atoms with van der Waals surface area (Å²) in [6.07, 6.45) is 2.25. The van der Waals surface area contributed by atoms with Crippen molar-refractivity contribution in [2.45, 2.75) is 12.8 Å². The van der Waals surface area contributed by atoms with E-state index in [0.717, 1.165) is 5.56 Å². The van der Waals surface area contributed by atoms with Gasteiger partial charge >= 0.3 is 0 Å². The second-order valence-corrected chi connectivity index (χ2v) is 6.09. The van der Waals surface area contributed by atoms with Gasteiger partial charge in [-0.15, -0.1) is 0 Å². The van der Waals surface area contributed by atoms with E-state index in [-0.39, 0.29) is 12.3 Å². The van der Waals surface area contributed by atoms with Gasteiger partial charge in [-0.1, -0.05) is 5.16 Å². The Bertz CT molecular complexity index is 900. The molecule has 0 atom stereocenters. The zero-order chi connectivity index (χ0) is 18.2. The van der Waals surface area contributed by atoms with Crippen LogP contribution in [0, 0.1) is 11.3 Å². The van der Waals surface area contributed by atoms with Crippen LogP contribution >= 0.6 is 11.3 Å². The maximum absolute atomic E-state index is 11.9. The van der Waals surface area contributed by atoms with Crippen LogP contribution in [0.25, 0.3) is 11.4 Å². The van der Waals surface area contributed by atoms with Gasteiger partial charge in [0, 0.05) is 43.1 Å². The second kappa shape index (κ2) is 8.73. The number of aromatic nitrogens is 3. The van der Waals surface area contributed by atoms with Crippen molar-refractivity contribution in [3.63, 3.8) is 0 Å². The third-order valence-electron chi connectivity index (χ3n) is 3.48. The molecule has 3 aromatic rings. The predicted molar refractivity (Wildman–Crippen MR) is 96.4 cm³/mol. The minimum atomic E-state index is -0.108. The number of nitriles is 1. The van der Waals surface area contributed by atoms with Crippen LogP contribution in [0.4, 0.5) is 5.82 Å². The Kier molecular flexibility index (Phi) is 5.90. The number of rotatable bonds is 8. The summed E-state index contributed by atoms with van der Waals surface area (Å²) >= 11 is 1.56. The smallest absolute Gasteiger partial charge is 0.227 e. The fraction of sp³-hybridized carbons (Fsp3) is 0.235. The van der Waals surface area contributed by atoms with Crippen LogP contribution in [-0.4, -0.2) is 34.1 Å². The van der Waals surface area contributed by atoms with E-state index in [9.17, 15) is 4.79 Å². The van der Waals surface area contributed by atoms with Gasteiger partial charge in [0.25, 0.3) is 0 Å². The zero-order valence-corrected chi connectivity index (χ0v) is 14.6. The summed E-state index contributed by atoms with van der Waals surface area (Å²) in [7, 11) is 0. The normalized spacial score (nSPS) is 10.3. The summed E-state index contributed by atoms with van der Waals surface area (Å²) in [6, 6.07) is 7.36. The van der Waals surface area contributed by atoms with Crippen molar-refractivity contribution in [1.29, 1.82) is 5.26 Å². The maximum Gasteiger partial charge on any atom is 0.227 e. The SMILES string of the molecule is N#Cc1cccnc1NCCNC(=O)CCc1nc(-c2ccsc2)no1. The van der Waals surface area contributed by atoms with Gasteiger partial charge in [0.05, 0.1) is 5.56 Å². The highest BCUT2D eigenvalue weighted by Gasteiger charge is 2.10. The van der Waals surface area contributed by atoms with E-state index >= 15 is 0 Å². The number of aryl methyl sites for hydroxylation is 1. The maximum atomic E-state index is 11.9. The number of hydrogen-bond donors (Lipinski definition) is 2. The van der Waals surface area contributed by atoms with Crippen molar-refractivity contribution in [3.05, 3.63) is 46.6 Å². The molecule has 8 nitrogen and oxygen atoms in total. The molecule has 26 heavy (non-hydrogen) atoms. The minimum Gasteiger partial charge on any atom is -0.367 e. The number of carbonyl (C=O) groups is 1. The van der Waals surface area contributed by atoms with Crippen LogP contribution in [0.2, 0.25) is 0 Å². The molecule has 3 rings (SSSR count). The lowest BCUT2D eigenvalue weighted by molar-refractivity contribution is -0.121. The van der Waals surface area contributed by atoms with Crippen molar-refractivity contribution in [1.82, 2.24) is 20.4 Å². The lowest BCUT2D eigenvalue weighted by atomic mass is 10.3. The molecule has 1 amide bonds. The third-order valence-corrected chi connectivity index (χ3v) is 4.16. The van der Waals surface area contributed by atoms with Crippen LogP contribution in [0.5, 0.6) is 0 Å². The largest absolute Gasteiger partial charge is 0.367 e. The Morgan fingerprint density at radius 1 is 1.35 bits per heavy atom. The number of thiophene rings is 1. The lowest BCUT2D eigenvalue weighted by Crippen LogP contribution is -2.29. The highest BCUT2D eigenvalue weighted by atomic mass is 32.1. The summed E-state index contributed by atoms with van der Waals surface area (Å²) in [5, 5.41) is 22.6. The van der Waals surface area contributed by atoms with E-state index in [4.69, 9.17) is 9.78 Å². The monoisotopic (exact) mass is 368 g/mol. The first-order valence-corrected chi connectivity index (χ1v) is 8.91. The molecule has 3 aromatic heterocycles. The van der Waals surface area contributed by atoms with Gasteiger partial charge in [0.1, 0.15) is 11.9 Å². The van der Waals surface area contributed by atoms with Gasteiger partial charge in [0.15, 0.2) is 0 Å². The Balaban J connectivity index is 1.38. The summed E-state index contributed by atoms with van der Waals surface area (Å²) in [6.45, 7) is 0.893. The molecular formula is C17H16N6O2S. The Hall–Kier alpha value is -3.25. The molecule has 0 saturated heterocycles. The van der Waals surface area contributed by atoms with Crippen LogP contribution in [0.1, 0.15) is 17.9 Å². The molecule has 0 aliphatic heterocycles. The van der Waals surface area contributed by atoms with Crippen molar-refractivity contribution in [2.75, 3.05) is 18.4 Å². The zero-order valence-electron chi connectivity index (χ0n) is 13.8. The van der Waals surface area contributed by atoms with Crippen LogP contribution < -0.4 is 10.6 Å². The molecule has 3 heterocycles. The summed E-state index contributed by atoms with van der Waals surface area (Å²) in [5.41, 5.74) is 1.38. The van der Waals surface area contributed by atoms with E-state index in [1.165, 1.54) is 0 Å². The van der Waals surface area contributed by atoms with Gasteiger partial charge < -0.3 is 15.2 Å². The number of amides is 1. The summed E-state index contributed by atoms with van der Waals surface area (Å²) in [4.78, 5) is 20.3. The van der Waals surface area contributed by atoms with E-state index in [1.807, 2.05) is 16.8 Å². The molecule has 2 N–H and O–H groups in total. The van der Waals surface area contributed by atoms with Crippen LogP contribution in [0.15, 0.2) is 39.7 Å². The van der Waals surface area contributed by atoms with Gasteiger partial charge in [0.2, 0.25) is 17.6 Å². The van der Waals surface area contributed by atoms with E-state index in [2.05, 4.69) is 31.8 Å². The minimum absolute atomic E-state index is 0.108. The molecule has 0 fully saturated rings. The molecule has 0 bridgehead atoms. The van der Waals surface area contributed by atoms with Crippen molar-refractivity contribution < 1.29 is 9.32 Å². The third kappa shape index (κ3) is 4.64. The Labute approximate surface area is 153 Å². The van der Waals surface area contributed by atoms with Crippen molar-refractivity contribution >= 4 is 23.1 Å². The number of pyridine rings is 1. The molecule has 0 radical (unpaired) electrons. The molecule has 0 saturated carbocycles. The van der Waals surface area contributed by atoms with E-state index in [0.29, 0.717) is 42.6 Å².